The van der Waals surface area contributed by atoms with E-state index in [9.17, 15) is 0 Å². The summed E-state index contributed by atoms with van der Waals surface area (Å²) in [5, 5.41) is 0. The summed E-state index contributed by atoms with van der Waals surface area (Å²) in [5.41, 5.74) is 7.65. The van der Waals surface area contributed by atoms with Crippen molar-refractivity contribution < 1.29 is 9.47 Å². The van der Waals surface area contributed by atoms with Crippen LogP contribution < -0.4 is 10.5 Å². The van der Waals surface area contributed by atoms with Crippen LogP contribution in [0.4, 0.5) is 0 Å². The Morgan fingerprint density at radius 2 is 2.14 bits per heavy atom. The van der Waals surface area contributed by atoms with Crippen LogP contribution in [0.15, 0.2) is 16.6 Å². The van der Waals surface area contributed by atoms with Gasteiger partial charge in [0.15, 0.2) is 6.79 Å². The maximum absolute atomic E-state index is 5.62. The van der Waals surface area contributed by atoms with Crippen LogP contribution >= 0.6 is 15.9 Å². The van der Waals surface area contributed by atoms with Gasteiger partial charge in [-0.05, 0) is 24.6 Å². The first-order valence-corrected chi connectivity index (χ1v) is 5.09. The molecule has 0 spiro atoms. The van der Waals surface area contributed by atoms with E-state index >= 15 is 0 Å². The summed E-state index contributed by atoms with van der Waals surface area (Å²) in [4.78, 5) is 0. The van der Waals surface area contributed by atoms with Crippen LogP contribution in [-0.4, -0.2) is 13.9 Å². The third-order valence-electron chi connectivity index (χ3n) is 1.86. The van der Waals surface area contributed by atoms with Crippen molar-refractivity contribution in [2.45, 2.75) is 13.5 Å². The first kappa shape index (κ1) is 11.5. The molecular formula is C10H14BrNO2. The van der Waals surface area contributed by atoms with Crippen molar-refractivity contribution in [2.24, 2.45) is 5.73 Å². The molecule has 1 rings (SSSR count). The number of halogens is 1. The molecule has 0 heterocycles. The standard InChI is InChI=1S/C10H14BrNO2/c1-7-3-9(11)4-8(5-12)10(7)14-6-13-2/h3-4H,5-6,12H2,1-2H3. The molecule has 0 saturated carbocycles. The molecule has 1 aromatic rings. The molecule has 0 atom stereocenters. The minimum atomic E-state index is 0.246. The summed E-state index contributed by atoms with van der Waals surface area (Å²) >= 11 is 3.41. The molecule has 0 radical (unpaired) electrons. The molecule has 0 unspecified atom stereocenters. The molecule has 0 aliphatic heterocycles. The van der Waals surface area contributed by atoms with E-state index in [0.29, 0.717) is 6.54 Å². The molecule has 0 aliphatic rings. The van der Waals surface area contributed by atoms with Crippen LogP contribution in [0.1, 0.15) is 11.1 Å². The van der Waals surface area contributed by atoms with E-state index in [1.807, 2.05) is 19.1 Å². The molecule has 4 heteroatoms. The van der Waals surface area contributed by atoms with Crippen LogP contribution in [0.2, 0.25) is 0 Å². The molecule has 0 amide bonds. The smallest absolute Gasteiger partial charge is 0.188 e. The number of methoxy groups -OCH3 is 1. The summed E-state index contributed by atoms with van der Waals surface area (Å²) in [6.45, 7) is 2.68. The van der Waals surface area contributed by atoms with Crippen LogP contribution in [0.3, 0.4) is 0 Å². The van der Waals surface area contributed by atoms with E-state index in [2.05, 4.69) is 15.9 Å². The molecule has 14 heavy (non-hydrogen) atoms. The topological polar surface area (TPSA) is 44.5 Å². The van der Waals surface area contributed by atoms with Gasteiger partial charge in [-0.1, -0.05) is 15.9 Å². The van der Waals surface area contributed by atoms with Gasteiger partial charge in [-0.3, -0.25) is 0 Å². The Morgan fingerprint density at radius 1 is 1.43 bits per heavy atom. The van der Waals surface area contributed by atoms with Crippen molar-refractivity contribution in [1.29, 1.82) is 0 Å². The van der Waals surface area contributed by atoms with E-state index in [-0.39, 0.29) is 6.79 Å². The number of nitrogens with two attached hydrogens (primary N) is 1. The number of benzene rings is 1. The lowest BCUT2D eigenvalue weighted by atomic mass is 10.1. The van der Waals surface area contributed by atoms with E-state index in [4.69, 9.17) is 15.2 Å². The van der Waals surface area contributed by atoms with Gasteiger partial charge in [-0.2, -0.15) is 0 Å². The number of rotatable bonds is 4. The van der Waals surface area contributed by atoms with Gasteiger partial charge in [0.1, 0.15) is 5.75 Å². The largest absolute Gasteiger partial charge is 0.467 e. The molecule has 0 bridgehead atoms. The number of hydrogen-bond acceptors (Lipinski definition) is 3. The van der Waals surface area contributed by atoms with Crippen molar-refractivity contribution in [3.8, 4) is 5.75 Å². The molecule has 0 aromatic heterocycles. The fourth-order valence-electron chi connectivity index (χ4n) is 1.28. The van der Waals surface area contributed by atoms with Crippen molar-refractivity contribution in [3.63, 3.8) is 0 Å². The predicted molar refractivity (Wildman–Crippen MR) is 59.3 cm³/mol. The molecule has 1 aromatic carbocycles. The molecule has 3 nitrogen and oxygen atoms in total. The molecule has 0 fully saturated rings. The van der Waals surface area contributed by atoms with Gasteiger partial charge in [-0.15, -0.1) is 0 Å². The Hall–Kier alpha value is -0.580. The Kier molecular flexibility index (Phi) is 4.38. The van der Waals surface area contributed by atoms with E-state index in [0.717, 1.165) is 21.3 Å². The fraction of sp³-hybridized carbons (Fsp3) is 0.400. The highest BCUT2D eigenvalue weighted by molar-refractivity contribution is 9.10. The molecule has 2 N–H and O–H groups in total. The Balaban J connectivity index is 2.99. The monoisotopic (exact) mass is 259 g/mol. The number of aryl methyl sites for hydroxylation is 1. The van der Waals surface area contributed by atoms with E-state index in [1.165, 1.54) is 0 Å². The lowest BCUT2D eigenvalue weighted by molar-refractivity contribution is 0.0499. The summed E-state index contributed by atoms with van der Waals surface area (Å²) in [5.74, 6) is 0.817. The highest BCUT2D eigenvalue weighted by Crippen LogP contribution is 2.27. The Labute approximate surface area is 92.3 Å². The van der Waals surface area contributed by atoms with Crippen LogP contribution in [0.5, 0.6) is 5.75 Å². The SMILES string of the molecule is COCOc1c(C)cc(Br)cc1CN. The minimum absolute atomic E-state index is 0.246. The molecule has 0 aliphatic carbocycles. The van der Waals surface area contributed by atoms with E-state index < -0.39 is 0 Å². The Morgan fingerprint density at radius 3 is 2.71 bits per heavy atom. The molecule has 78 valence electrons. The third kappa shape index (κ3) is 2.70. The lowest BCUT2D eigenvalue weighted by Crippen LogP contribution is -2.06. The number of hydrogen-bond donors (Lipinski definition) is 1. The van der Waals surface area contributed by atoms with Gasteiger partial charge in [-0.25, -0.2) is 0 Å². The van der Waals surface area contributed by atoms with Crippen LogP contribution in [0, 0.1) is 6.92 Å². The van der Waals surface area contributed by atoms with Crippen molar-refractivity contribution >= 4 is 15.9 Å². The number of ether oxygens (including phenoxy) is 2. The zero-order chi connectivity index (χ0) is 10.6. The second-order valence-corrected chi connectivity index (χ2v) is 3.88. The maximum atomic E-state index is 5.62. The van der Waals surface area contributed by atoms with Crippen molar-refractivity contribution in [2.75, 3.05) is 13.9 Å². The zero-order valence-electron chi connectivity index (χ0n) is 8.34. The lowest BCUT2D eigenvalue weighted by Gasteiger charge is -2.12. The van der Waals surface area contributed by atoms with Gasteiger partial charge < -0.3 is 15.2 Å². The van der Waals surface area contributed by atoms with Gasteiger partial charge in [0, 0.05) is 23.7 Å². The summed E-state index contributed by atoms with van der Waals surface area (Å²) in [6, 6.07) is 3.95. The first-order chi connectivity index (χ1) is 6.69. The van der Waals surface area contributed by atoms with Gasteiger partial charge in [0.2, 0.25) is 0 Å². The quantitative estimate of drug-likeness (QED) is 0.844. The molecule has 0 saturated heterocycles. The normalized spacial score (nSPS) is 10.3. The summed E-state index contributed by atoms with van der Waals surface area (Å²) in [6.07, 6.45) is 0. The summed E-state index contributed by atoms with van der Waals surface area (Å²) in [7, 11) is 1.59. The van der Waals surface area contributed by atoms with Crippen molar-refractivity contribution in [3.05, 3.63) is 27.7 Å². The molecular weight excluding hydrogens is 246 g/mol. The summed E-state index contributed by atoms with van der Waals surface area (Å²) < 4.78 is 11.3. The van der Waals surface area contributed by atoms with Gasteiger partial charge in [0.05, 0.1) is 0 Å². The minimum Gasteiger partial charge on any atom is -0.467 e. The average Bonchev–Trinajstić information content (AvgIpc) is 2.15. The van der Waals surface area contributed by atoms with Crippen LogP contribution in [-0.2, 0) is 11.3 Å². The zero-order valence-corrected chi connectivity index (χ0v) is 9.93. The van der Waals surface area contributed by atoms with Crippen LogP contribution in [0.25, 0.3) is 0 Å². The fourth-order valence-corrected chi connectivity index (χ4v) is 1.90. The van der Waals surface area contributed by atoms with Gasteiger partial charge >= 0.3 is 0 Å². The van der Waals surface area contributed by atoms with E-state index in [1.54, 1.807) is 7.11 Å². The van der Waals surface area contributed by atoms with Gasteiger partial charge in [0.25, 0.3) is 0 Å². The highest BCUT2D eigenvalue weighted by Gasteiger charge is 2.07. The first-order valence-electron chi connectivity index (χ1n) is 4.30. The maximum Gasteiger partial charge on any atom is 0.188 e. The predicted octanol–water partition coefficient (Wildman–Crippen LogP) is 2.20. The second kappa shape index (κ2) is 5.34. The highest BCUT2D eigenvalue weighted by atomic mass is 79.9. The Bertz CT molecular complexity index is 315. The second-order valence-electron chi connectivity index (χ2n) is 2.97. The average molecular weight is 260 g/mol. The third-order valence-corrected chi connectivity index (χ3v) is 2.32. The van der Waals surface area contributed by atoms with Crippen molar-refractivity contribution in [1.82, 2.24) is 0 Å².